The third-order valence-electron chi connectivity index (χ3n) is 4.91. The molecule has 1 aromatic carbocycles. The molecule has 0 unspecified atom stereocenters. The lowest BCUT2D eigenvalue weighted by Gasteiger charge is -2.23. The van der Waals surface area contributed by atoms with Crippen LogP contribution in [0.2, 0.25) is 0 Å². The second-order valence-corrected chi connectivity index (χ2v) is 6.52. The second kappa shape index (κ2) is 6.66. The molecule has 1 fully saturated rings. The average molecular weight is 338 g/mol. The van der Waals surface area contributed by atoms with Gasteiger partial charge in [-0.25, -0.2) is 9.36 Å². The highest BCUT2D eigenvalue weighted by molar-refractivity contribution is 6.05. The van der Waals surface area contributed by atoms with Gasteiger partial charge in [-0.05, 0) is 38.0 Å². The van der Waals surface area contributed by atoms with Gasteiger partial charge in [0.1, 0.15) is 11.3 Å². The molecule has 0 atom stereocenters. The van der Waals surface area contributed by atoms with E-state index in [0.717, 1.165) is 36.2 Å². The minimum Gasteiger partial charge on any atom is -0.307 e. The van der Waals surface area contributed by atoms with E-state index in [0.29, 0.717) is 11.6 Å². The van der Waals surface area contributed by atoms with Crippen LogP contribution in [0, 0.1) is 0 Å². The Morgan fingerprint density at radius 1 is 1.24 bits per heavy atom. The van der Waals surface area contributed by atoms with Gasteiger partial charge in [0.25, 0.3) is 5.91 Å². The van der Waals surface area contributed by atoms with E-state index in [2.05, 4.69) is 20.7 Å². The molecule has 130 valence electrons. The van der Waals surface area contributed by atoms with E-state index >= 15 is 0 Å². The minimum absolute atomic E-state index is 0.148. The van der Waals surface area contributed by atoms with Gasteiger partial charge in [0.05, 0.1) is 17.8 Å². The normalized spacial score (nSPS) is 15.6. The quantitative estimate of drug-likeness (QED) is 0.791. The third-order valence-corrected chi connectivity index (χ3v) is 4.91. The van der Waals surface area contributed by atoms with Crippen molar-refractivity contribution in [3.05, 3.63) is 36.0 Å². The number of aryl methyl sites for hydroxylation is 1. The Morgan fingerprint density at radius 3 is 2.88 bits per heavy atom. The first-order chi connectivity index (χ1) is 12.3. The predicted octanol–water partition coefficient (Wildman–Crippen LogP) is 3.41. The molecule has 2 heterocycles. The number of nitrogens with zero attached hydrogens (tertiary/aromatic N) is 5. The van der Waals surface area contributed by atoms with Crippen molar-refractivity contribution in [2.24, 2.45) is 0 Å². The van der Waals surface area contributed by atoms with E-state index < -0.39 is 0 Å². The summed E-state index contributed by atoms with van der Waals surface area (Å²) in [5.74, 6) is 0.611. The van der Waals surface area contributed by atoms with Crippen molar-refractivity contribution in [3.63, 3.8) is 0 Å². The first kappa shape index (κ1) is 15.8. The summed E-state index contributed by atoms with van der Waals surface area (Å²) in [5, 5.41) is 15.6. The molecule has 1 aliphatic rings. The lowest BCUT2D eigenvalue weighted by molar-refractivity contribution is 0.102. The summed E-state index contributed by atoms with van der Waals surface area (Å²) in [6.07, 6.45) is 7.73. The van der Waals surface area contributed by atoms with Crippen LogP contribution in [0.5, 0.6) is 0 Å². The number of hydrogen-bond donors (Lipinski definition) is 1. The molecule has 25 heavy (non-hydrogen) atoms. The Balaban J connectivity index is 1.55. The van der Waals surface area contributed by atoms with Crippen molar-refractivity contribution in [1.82, 2.24) is 24.8 Å². The number of fused-ring (bicyclic) bond motifs is 1. The highest BCUT2D eigenvalue weighted by Gasteiger charge is 2.19. The number of hydrogen-bond acceptors (Lipinski definition) is 4. The molecule has 0 saturated heterocycles. The first-order valence-electron chi connectivity index (χ1n) is 8.94. The SMILES string of the molecule is CCn1nnc2cc(C(=O)Nc3ccnn3C3CCCCC3)ccc21. The number of aromatic nitrogens is 5. The van der Waals surface area contributed by atoms with Crippen molar-refractivity contribution in [3.8, 4) is 0 Å². The van der Waals surface area contributed by atoms with Crippen molar-refractivity contribution in [1.29, 1.82) is 0 Å². The summed E-state index contributed by atoms with van der Waals surface area (Å²) in [4.78, 5) is 12.7. The largest absolute Gasteiger partial charge is 0.307 e. The van der Waals surface area contributed by atoms with Gasteiger partial charge >= 0.3 is 0 Å². The Morgan fingerprint density at radius 2 is 2.08 bits per heavy atom. The van der Waals surface area contributed by atoms with Gasteiger partial charge in [0.2, 0.25) is 0 Å². The zero-order valence-electron chi connectivity index (χ0n) is 14.4. The molecular formula is C18H22N6O. The zero-order valence-corrected chi connectivity index (χ0v) is 14.4. The van der Waals surface area contributed by atoms with Crippen LogP contribution in [0.1, 0.15) is 55.4 Å². The highest BCUT2D eigenvalue weighted by atomic mass is 16.1. The summed E-state index contributed by atoms with van der Waals surface area (Å²) in [6.45, 7) is 2.77. The lowest BCUT2D eigenvalue weighted by atomic mass is 9.96. The molecular weight excluding hydrogens is 316 g/mol. The Bertz CT molecular complexity index is 890. The fraction of sp³-hybridized carbons (Fsp3) is 0.444. The molecule has 1 saturated carbocycles. The Labute approximate surface area is 146 Å². The van der Waals surface area contributed by atoms with E-state index in [1.165, 1.54) is 19.3 Å². The Hall–Kier alpha value is -2.70. The monoisotopic (exact) mass is 338 g/mol. The van der Waals surface area contributed by atoms with Gasteiger partial charge in [-0.1, -0.05) is 24.5 Å². The van der Waals surface area contributed by atoms with Gasteiger partial charge in [-0.2, -0.15) is 5.10 Å². The fourth-order valence-corrected chi connectivity index (χ4v) is 3.57. The zero-order chi connectivity index (χ0) is 17.2. The van der Waals surface area contributed by atoms with Gasteiger partial charge < -0.3 is 5.32 Å². The molecule has 0 spiro atoms. The number of carbonyl (C=O) groups excluding carboxylic acids is 1. The van der Waals surface area contributed by atoms with E-state index in [4.69, 9.17) is 0 Å². The summed E-state index contributed by atoms with van der Waals surface area (Å²) in [6, 6.07) is 7.73. The van der Waals surface area contributed by atoms with Gasteiger partial charge in [-0.15, -0.1) is 5.10 Å². The number of benzene rings is 1. The maximum absolute atomic E-state index is 12.7. The average Bonchev–Trinajstić information content (AvgIpc) is 3.28. The molecule has 1 aliphatic carbocycles. The number of anilines is 1. The van der Waals surface area contributed by atoms with Crippen LogP contribution in [0.3, 0.4) is 0 Å². The first-order valence-corrected chi connectivity index (χ1v) is 8.94. The molecule has 0 radical (unpaired) electrons. The summed E-state index contributed by atoms with van der Waals surface area (Å²) in [5.41, 5.74) is 2.24. The summed E-state index contributed by atoms with van der Waals surface area (Å²) in [7, 11) is 0. The van der Waals surface area contributed by atoms with Crippen LogP contribution < -0.4 is 5.32 Å². The standard InChI is InChI=1S/C18H22N6O/c1-2-23-16-9-8-13(12-15(16)21-22-23)18(25)20-17-10-11-19-24(17)14-6-4-3-5-7-14/h8-12,14H,2-7H2,1H3,(H,20,25). The highest BCUT2D eigenvalue weighted by Crippen LogP contribution is 2.30. The molecule has 0 aliphatic heterocycles. The smallest absolute Gasteiger partial charge is 0.256 e. The number of rotatable bonds is 4. The van der Waals surface area contributed by atoms with E-state index in [9.17, 15) is 4.79 Å². The Kier molecular flexibility index (Phi) is 4.21. The van der Waals surface area contributed by atoms with E-state index in [-0.39, 0.29) is 5.91 Å². The number of nitrogens with one attached hydrogen (secondary N) is 1. The van der Waals surface area contributed by atoms with Gasteiger partial charge in [-0.3, -0.25) is 4.79 Å². The lowest BCUT2D eigenvalue weighted by Crippen LogP contribution is -2.20. The topological polar surface area (TPSA) is 77.6 Å². The molecule has 2 aromatic heterocycles. The van der Waals surface area contributed by atoms with Crippen molar-refractivity contribution in [2.75, 3.05) is 5.32 Å². The van der Waals surface area contributed by atoms with Gasteiger partial charge in [0, 0.05) is 18.2 Å². The van der Waals surface area contributed by atoms with Crippen LogP contribution in [0.15, 0.2) is 30.5 Å². The van der Waals surface area contributed by atoms with Crippen LogP contribution in [-0.2, 0) is 6.54 Å². The van der Waals surface area contributed by atoms with Gasteiger partial charge in [0.15, 0.2) is 0 Å². The predicted molar refractivity (Wildman–Crippen MR) is 95.5 cm³/mol. The van der Waals surface area contributed by atoms with Crippen molar-refractivity contribution >= 4 is 22.8 Å². The van der Waals surface area contributed by atoms with Crippen molar-refractivity contribution in [2.45, 2.75) is 51.6 Å². The third kappa shape index (κ3) is 3.01. The molecule has 7 heteroatoms. The van der Waals surface area contributed by atoms with Crippen molar-refractivity contribution < 1.29 is 4.79 Å². The maximum atomic E-state index is 12.7. The van der Waals surface area contributed by atoms with Crippen LogP contribution in [0.4, 0.5) is 5.82 Å². The van der Waals surface area contributed by atoms with Crippen LogP contribution >= 0.6 is 0 Å². The molecule has 4 rings (SSSR count). The molecule has 7 nitrogen and oxygen atoms in total. The fourth-order valence-electron chi connectivity index (χ4n) is 3.57. The number of amides is 1. The molecule has 1 N–H and O–H groups in total. The minimum atomic E-state index is -0.148. The molecule has 3 aromatic rings. The maximum Gasteiger partial charge on any atom is 0.256 e. The second-order valence-electron chi connectivity index (χ2n) is 6.52. The van der Waals surface area contributed by atoms with Crippen LogP contribution in [0.25, 0.3) is 11.0 Å². The van der Waals surface area contributed by atoms with E-state index in [1.807, 2.05) is 34.5 Å². The molecule has 0 bridgehead atoms. The van der Waals surface area contributed by atoms with Crippen LogP contribution in [-0.4, -0.2) is 30.7 Å². The number of carbonyl (C=O) groups is 1. The summed E-state index contributed by atoms with van der Waals surface area (Å²) >= 11 is 0. The molecule has 1 amide bonds. The summed E-state index contributed by atoms with van der Waals surface area (Å²) < 4.78 is 3.78. The van der Waals surface area contributed by atoms with E-state index in [1.54, 1.807) is 12.3 Å².